The molecule has 130 valence electrons. The monoisotopic (exact) mass is 448 g/mol. The minimum atomic E-state index is -2.86. The van der Waals surface area contributed by atoms with Gasteiger partial charge < -0.3 is 15.8 Å². The molecule has 1 aromatic heterocycles. The van der Waals surface area contributed by atoms with Crippen molar-refractivity contribution in [3.63, 3.8) is 0 Å². The van der Waals surface area contributed by atoms with Crippen LogP contribution in [0.15, 0.2) is 41.5 Å². The fourth-order valence-electron chi connectivity index (χ4n) is 1.85. The van der Waals surface area contributed by atoms with Gasteiger partial charge in [-0.25, -0.2) is 4.99 Å². The topological polar surface area (TPSA) is 72.5 Å². The number of aliphatic imine (C=N–C) groups is 1. The van der Waals surface area contributed by atoms with Crippen molar-refractivity contribution >= 4 is 35.6 Å². The highest BCUT2D eigenvalue weighted by Crippen LogP contribution is 2.14. The third kappa shape index (κ3) is 6.26. The smallest absolute Gasteiger partial charge is 0.387 e. The summed E-state index contributed by atoms with van der Waals surface area (Å²) in [4.78, 5) is 8.15. The molecule has 24 heavy (non-hydrogen) atoms. The summed E-state index contributed by atoms with van der Waals surface area (Å²) in [5.74, 6) is 0.261. The Morgan fingerprint density at radius 1 is 1.25 bits per heavy atom. The first-order valence-electron chi connectivity index (χ1n) is 6.98. The van der Waals surface area contributed by atoms with E-state index in [-0.39, 0.29) is 42.2 Å². The first-order chi connectivity index (χ1) is 10.9. The van der Waals surface area contributed by atoms with Crippen LogP contribution in [0.5, 0.6) is 5.75 Å². The maximum Gasteiger partial charge on any atom is 0.387 e. The lowest BCUT2D eigenvalue weighted by molar-refractivity contribution is -0.0500. The molecule has 0 fully saturated rings. The fourth-order valence-corrected chi connectivity index (χ4v) is 1.85. The molecule has 0 spiro atoms. The molecule has 0 atom stereocenters. The molecule has 0 amide bonds. The van der Waals surface area contributed by atoms with E-state index in [1.54, 1.807) is 6.07 Å². The lowest BCUT2D eigenvalue weighted by Gasteiger charge is -2.08. The van der Waals surface area contributed by atoms with Crippen LogP contribution in [0.25, 0.3) is 0 Å². The number of benzene rings is 1. The molecular weight excluding hydrogens is 429 g/mol. The van der Waals surface area contributed by atoms with Gasteiger partial charge in [0.25, 0.3) is 0 Å². The maximum atomic E-state index is 12.0. The van der Waals surface area contributed by atoms with Crippen LogP contribution < -0.4 is 15.8 Å². The van der Waals surface area contributed by atoms with Crippen molar-refractivity contribution in [2.24, 2.45) is 10.7 Å². The van der Waals surface area contributed by atoms with Crippen molar-refractivity contribution in [3.05, 3.63) is 53.3 Å². The molecule has 1 heterocycles. The van der Waals surface area contributed by atoms with Crippen LogP contribution >= 0.6 is 24.0 Å². The van der Waals surface area contributed by atoms with Gasteiger partial charge in [0.1, 0.15) is 5.75 Å². The quantitative estimate of drug-likeness (QED) is 0.414. The maximum absolute atomic E-state index is 12.0. The Hall–Kier alpha value is -1.97. The number of aromatic nitrogens is 1. The molecule has 0 bridgehead atoms. The largest absolute Gasteiger partial charge is 0.433 e. The molecule has 5 nitrogen and oxygen atoms in total. The molecule has 3 N–H and O–H groups in total. The van der Waals surface area contributed by atoms with E-state index < -0.39 is 6.61 Å². The third-order valence-electron chi connectivity index (χ3n) is 3.21. The summed E-state index contributed by atoms with van der Waals surface area (Å²) >= 11 is 0. The average molecular weight is 448 g/mol. The van der Waals surface area contributed by atoms with E-state index in [0.717, 1.165) is 11.3 Å². The molecular formula is C16H19F2IN4O. The number of nitrogens with zero attached hydrogens (tertiary/aromatic N) is 2. The van der Waals surface area contributed by atoms with Gasteiger partial charge in [-0.15, -0.1) is 24.0 Å². The van der Waals surface area contributed by atoms with Crippen LogP contribution in [-0.4, -0.2) is 17.6 Å². The second kappa shape index (κ2) is 9.36. The highest BCUT2D eigenvalue weighted by atomic mass is 127. The third-order valence-corrected chi connectivity index (χ3v) is 3.21. The van der Waals surface area contributed by atoms with Gasteiger partial charge in [0.15, 0.2) is 5.96 Å². The van der Waals surface area contributed by atoms with Crippen molar-refractivity contribution in [2.75, 3.05) is 5.32 Å². The Balaban J connectivity index is 0.00000288. The summed E-state index contributed by atoms with van der Waals surface area (Å²) in [6.07, 6.45) is 1.23. The van der Waals surface area contributed by atoms with E-state index >= 15 is 0 Å². The molecule has 0 aliphatic rings. The van der Waals surface area contributed by atoms with E-state index in [9.17, 15) is 8.78 Å². The summed E-state index contributed by atoms with van der Waals surface area (Å²) in [7, 11) is 0. The van der Waals surface area contributed by atoms with Crippen molar-refractivity contribution in [2.45, 2.75) is 27.0 Å². The fraction of sp³-hybridized carbons (Fsp3) is 0.250. The number of ether oxygens (including phenoxy) is 1. The van der Waals surface area contributed by atoms with Crippen LogP contribution in [0.3, 0.4) is 0 Å². The van der Waals surface area contributed by atoms with Crippen LogP contribution in [0.1, 0.15) is 16.8 Å². The Bertz CT molecular complexity index is 693. The zero-order chi connectivity index (χ0) is 16.8. The number of pyridine rings is 1. The molecule has 0 saturated heterocycles. The lowest BCUT2D eigenvalue weighted by atomic mass is 10.1. The molecule has 1 aromatic carbocycles. The van der Waals surface area contributed by atoms with Gasteiger partial charge in [-0.2, -0.15) is 8.78 Å². The first-order valence-corrected chi connectivity index (χ1v) is 6.98. The number of guanidine groups is 1. The average Bonchev–Trinajstić information content (AvgIpc) is 2.50. The molecule has 0 aliphatic carbocycles. The van der Waals surface area contributed by atoms with E-state index in [0.29, 0.717) is 5.69 Å². The second-order valence-corrected chi connectivity index (χ2v) is 4.99. The van der Waals surface area contributed by atoms with E-state index in [1.807, 2.05) is 32.0 Å². The molecule has 2 rings (SSSR count). The van der Waals surface area contributed by atoms with Gasteiger partial charge in [-0.05, 0) is 49.2 Å². The zero-order valence-corrected chi connectivity index (χ0v) is 15.6. The van der Waals surface area contributed by atoms with Gasteiger partial charge in [-0.3, -0.25) is 4.98 Å². The van der Waals surface area contributed by atoms with Crippen LogP contribution in [0, 0.1) is 13.8 Å². The Morgan fingerprint density at radius 2 is 2.00 bits per heavy atom. The lowest BCUT2D eigenvalue weighted by Crippen LogP contribution is -2.22. The Kier molecular flexibility index (Phi) is 7.83. The zero-order valence-electron chi connectivity index (χ0n) is 13.3. The summed E-state index contributed by atoms with van der Waals surface area (Å²) in [6, 6.07) is 8.86. The minimum absolute atomic E-state index is 0. The van der Waals surface area contributed by atoms with Crippen LogP contribution in [0.2, 0.25) is 0 Å². The highest BCUT2D eigenvalue weighted by molar-refractivity contribution is 14.0. The number of nitrogens with one attached hydrogen (secondary N) is 1. The normalized spacial score (nSPS) is 11.1. The molecule has 0 aliphatic heterocycles. The predicted octanol–water partition coefficient (Wildman–Crippen LogP) is 3.84. The number of halogens is 3. The Labute approximate surface area is 156 Å². The van der Waals surface area contributed by atoms with E-state index in [2.05, 4.69) is 20.0 Å². The summed E-state index contributed by atoms with van der Waals surface area (Å²) < 4.78 is 28.3. The summed E-state index contributed by atoms with van der Waals surface area (Å²) in [5, 5.41) is 2.99. The van der Waals surface area contributed by atoms with Crippen molar-refractivity contribution in [1.82, 2.24) is 4.98 Å². The van der Waals surface area contributed by atoms with E-state index in [4.69, 9.17) is 5.73 Å². The van der Waals surface area contributed by atoms with Crippen molar-refractivity contribution in [1.29, 1.82) is 0 Å². The summed E-state index contributed by atoms with van der Waals surface area (Å²) in [6.45, 7) is 1.42. The number of anilines is 1. The first kappa shape index (κ1) is 20.1. The van der Waals surface area contributed by atoms with Gasteiger partial charge in [0, 0.05) is 5.69 Å². The molecule has 0 saturated carbocycles. The molecule has 0 radical (unpaired) electrons. The number of alkyl halides is 2. The number of aryl methyl sites for hydroxylation is 2. The van der Waals surface area contributed by atoms with Crippen molar-refractivity contribution in [3.8, 4) is 5.75 Å². The number of rotatable bonds is 5. The van der Waals surface area contributed by atoms with Gasteiger partial charge in [0.05, 0.1) is 18.4 Å². The number of nitrogens with two attached hydrogens (primary N) is 1. The minimum Gasteiger partial charge on any atom is -0.433 e. The van der Waals surface area contributed by atoms with Gasteiger partial charge >= 0.3 is 6.61 Å². The number of hydrogen-bond donors (Lipinski definition) is 2. The summed E-state index contributed by atoms with van der Waals surface area (Å²) in [5.41, 5.74) is 9.62. The van der Waals surface area contributed by atoms with E-state index in [1.165, 1.54) is 17.8 Å². The highest BCUT2D eigenvalue weighted by Gasteiger charge is 2.04. The Morgan fingerprint density at radius 3 is 2.58 bits per heavy atom. The molecule has 0 unspecified atom stereocenters. The molecule has 8 heteroatoms. The SMILES string of the molecule is Cc1ccc(NC(N)=NCc2ccc(OC(F)F)cn2)cc1C.I. The predicted molar refractivity (Wildman–Crippen MR) is 101 cm³/mol. The standard InChI is InChI=1S/C16H18F2N4O.HI/c1-10-3-4-12(7-11(10)2)22-16(19)21-8-13-5-6-14(9-20-13)23-15(17)18;/h3-7,9,15H,8H2,1-2H3,(H3,19,21,22);1H. The van der Waals surface area contributed by atoms with Crippen molar-refractivity contribution < 1.29 is 13.5 Å². The van der Waals surface area contributed by atoms with Crippen LogP contribution in [-0.2, 0) is 6.54 Å². The van der Waals surface area contributed by atoms with Gasteiger partial charge in [0.2, 0.25) is 0 Å². The van der Waals surface area contributed by atoms with Gasteiger partial charge in [-0.1, -0.05) is 6.07 Å². The molecule has 2 aromatic rings. The van der Waals surface area contributed by atoms with Crippen LogP contribution in [0.4, 0.5) is 14.5 Å². The number of hydrogen-bond acceptors (Lipinski definition) is 3. The second-order valence-electron chi connectivity index (χ2n) is 4.99.